The van der Waals surface area contributed by atoms with Crippen LogP contribution in [0.5, 0.6) is 0 Å². The zero-order chi connectivity index (χ0) is 13.0. The standard InChI is InChI=1S/C15H23ClN2/c1-12(2)8-15-10-17-6-7-18(15)11-13-4-3-5-14(16)9-13/h3-5,9,12,15,17H,6-8,10-11H2,1-2H3. The van der Waals surface area contributed by atoms with E-state index in [0.717, 1.165) is 37.1 Å². The first-order valence-corrected chi connectivity index (χ1v) is 7.22. The molecule has 100 valence electrons. The third-order valence-electron chi connectivity index (χ3n) is 3.49. The van der Waals surface area contributed by atoms with Crippen LogP contribution >= 0.6 is 11.6 Å². The van der Waals surface area contributed by atoms with Crippen molar-refractivity contribution < 1.29 is 0 Å². The number of piperazine rings is 1. The average molecular weight is 267 g/mol. The Morgan fingerprint density at radius 1 is 1.44 bits per heavy atom. The van der Waals surface area contributed by atoms with Crippen molar-refractivity contribution in [2.75, 3.05) is 19.6 Å². The zero-order valence-electron chi connectivity index (χ0n) is 11.3. The van der Waals surface area contributed by atoms with Crippen molar-refractivity contribution in [2.24, 2.45) is 5.92 Å². The van der Waals surface area contributed by atoms with E-state index in [1.807, 2.05) is 12.1 Å². The lowest BCUT2D eigenvalue weighted by atomic mass is 10.00. The summed E-state index contributed by atoms with van der Waals surface area (Å²) in [6, 6.07) is 8.87. The highest BCUT2D eigenvalue weighted by Gasteiger charge is 2.22. The van der Waals surface area contributed by atoms with Crippen LogP contribution in [-0.2, 0) is 6.54 Å². The molecule has 1 saturated heterocycles. The topological polar surface area (TPSA) is 15.3 Å². The number of nitrogens with zero attached hydrogens (tertiary/aromatic N) is 1. The molecular weight excluding hydrogens is 244 g/mol. The van der Waals surface area contributed by atoms with E-state index in [1.165, 1.54) is 12.0 Å². The zero-order valence-corrected chi connectivity index (χ0v) is 12.1. The minimum absolute atomic E-state index is 0.651. The normalized spacial score (nSPS) is 21.4. The molecule has 1 aromatic rings. The predicted molar refractivity (Wildman–Crippen MR) is 78.0 cm³/mol. The molecule has 1 aromatic carbocycles. The molecule has 1 aliphatic heterocycles. The molecule has 2 rings (SSSR count). The van der Waals surface area contributed by atoms with Gasteiger partial charge >= 0.3 is 0 Å². The maximum Gasteiger partial charge on any atom is 0.0409 e. The molecule has 0 bridgehead atoms. The lowest BCUT2D eigenvalue weighted by Crippen LogP contribution is -2.51. The van der Waals surface area contributed by atoms with E-state index in [2.05, 4.69) is 36.2 Å². The third-order valence-corrected chi connectivity index (χ3v) is 3.73. The second-order valence-corrected chi connectivity index (χ2v) is 6.02. The Kier molecular flexibility index (Phi) is 5.04. The van der Waals surface area contributed by atoms with E-state index in [-0.39, 0.29) is 0 Å². The lowest BCUT2D eigenvalue weighted by molar-refractivity contribution is 0.134. The summed E-state index contributed by atoms with van der Waals surface area (Å²) >= 11 is 6.05. The number of hydrogen-bond acceptors (Lipinski definition) is 2. The van der Waals surface area contributed by atoms with E-state index in [9.17, 15) is 0 Å². The highest BCUT2D eigenvalue weighted by atomic mass is 35.5. The van der Waals surface area contributed by atoms with Gasteiger partial charge in [0.25, 0.3) is 0 Å². The van der Waals surface area contributed by atoms with Gasteiger partial charge in [-0.2, -0.15) is 0 Å². The summed E-state index contributed by atoms with van der Waals surface area (Å²) in [6.07, 6.45) is 1.26. The Bertz CT molecular complexity index is 379. The maximum atomic E-state index is 6.05. The van der Waals surface area contributed by atoms with Gasteiger partial charge in [0.15, 0.2) is 0 Å². The monoisotopic (exact) mass is 266 g/mol. The minimum atomic E-state index is 0.651. The fourth-order valence-corrected chi connectivity index (χ4v) is 2.87. The summed E-state index contributed by atoms with van der Waals surface area (Å²) in [5.41, 5.74) is 1.32. The van der Waals surface area contributed by atoms with E-state index >= 15 is 0 Å². The van der Waals surface area contributed by atoms with Crippen LogP contribution in [0.2, 0.25) is 5.02 Å². The summed E-state index contributed by atoms with van der Waals surface area (Å²) < 4.78 is 0. The molecular formula is C15H23ClN2. The summed E-state index contributed by atoms with van der Waals surface area (Å²) in [4.78, 5) is 2.59. The van der Waals surface area contributed by atoms with E-state index in [0.29, 0.717) is 6.04 Å². The molecule has 1 atom stereocenters. The highest BCUT2D eigenvalue weighted by Crippen LogP contribution is 2.18. The Hall–Kier alpha value is -0.570. The predicted octanol–water partition coefficient (Wildman–Crippen LogP) is 3.16. The van der Waals surface area contributed by atoms with Gasteiger partial charge in [-0.3, -0.25) is 4.90 Å². The van der Waals surface area contributed by atoms with Crippen molar-refractivity contribution in [1.82, 2.24) is 10.2 Å². The van der Waals surface area contributed by atoms with Crippen LogP contribution in [0.3, 0.4) is 0 Å². The number of nitrogens with one attached hydrogen (secondary N) is 1. The van der Waals surface area contributed by atoms with Crippen LogP contribution in [0.4, 0.5) is 0 Å². The van der Waals surface area contributed by atoms with Crippen molar-refractivity contribution in [2.45, 2.75) is 32.9 Å². The third kappa shape index (κ3) is 3.98. The second-order valence-electron chi connectivity index (χ2n) is 5.59. The molecule has 2 nitrogen and oxygen atoms in total. The molecule has 3 heteroatoms. The molecule has 18 heavy (non-hydrogen) atoms. The van der Waals surface area contributed by atoms with Gasteiger partial charge in [0.1, 0.15) is 0 Å². The quantitative estimate of drug-likeness (QED) is 0.901. The van der Waals surface area contributed by atoms with Crippen LogP contribution in [0.25, 0.3) is 0 Å². The molecule has 0 spiro atoms. The van der Waals surface area contributed by atoms with Gasteiger partial charge in [-0.05, 0) is 30.0 Å². The molecule has 0 amide bonds. The Morgan fingerprint density at radius 2 is 2.28 bits per heavy atom. The van der Waals surface area contributed by atoms with Crippen LogP contribution in [-0.4, -0.2) is 30.6 Å². The first-order chi connectivity index (χ1) is 8.65. The fraction of sp³-hybridized carbons (Fsp3) is 0.600. The molecule has 1 aliphatic rings. The van der Waals surface area contributed by atoms with Crippen molar-refractivity contribution in [3.63, 3.8) is 0 Å². The van der Waals surface area contributed by atoms with Gasteiger partial charge in [0.05, 0.1) is 0 Å². The van der Waals surface area contributed by atoms with E-state index in [4.69, 9.17) is 11.6 Å². The lowest BCUT2D eigenvalue weighted by Gasteiger charge is -2.37. The SMILES string of the molecule is CC(C)CC1CNCCN1Cc1cccc(Cl)c1. The molecule has 0 saturated carbocycles. The number of rotatable bonds is 4. The van der Waals surface area contributed by atoms with Crippen LogP contribution in [0, 0.1) is 5.92 Å². The van der Waals surface area contributed by atoms with Crippen LogP contribution in [0.15, 0.2) is 24.3 Å². The molecule has 1 unspecified atom stereocenters. The van der Waals surface area contributed by atoms with Gasteiger partial charge in [0.2, 0.25) is 0 Å². The first-order valence-electron chi connectivity index (χ1n) is 6.84. The summed E-state index contributed by atoms with van der Waals surface area (Å²) in [5, 5.41) is 4.34. The molecule has 1 heterocycles. The van der Waals surface area contributed by atoms with Gasteiger partial charge in [-0.1, -0.05) is 37.6 Å². The largest absolute Gasteiger partial charge is 0.314 e. The van der Waals surface area contributed by atoms with Gasteiger partial charge in [-0.15, -0.1) is 0 Å². The van der Waals surface area contributed by atoms with Crippen molar-refractivity contribution in [1.29, 1.82) is 0 Å². The van der Waals surface area contributed by atoms with Gasteiger partial charge in [0, 0.05) is 37.2 Å². The molecule has 0 aromatic heterocycles. The Labute approximate surface area is 115 Å². The molecule has 0 aliphatic carbocycles. The first kappa shape index (κ1) is 13.9. The molecule has 0 radical (unpaired) electrons. The number of benzene rings is 1. The summed E-state index contributed by atoms with van der Waals surface area (Å²) in [6.45, 7) is 8.94. The van der Waals surface area contributed by atoms with Gasteiger partial charge < -0.3 is 5.32 Å². The van der Waals surface area contributed by atoms with Crippen LogP contribution < -0.4 is 5.32 Å². The molecule has 1 N–H and O–H groups in total. The van der Waals surface area contributed by atoms with Crippen molar-refractivity contribution >= 4 is 11.6 Å². The van der Waals surface area contributed by atoms with Gasteiger partial charge in [-0.25, -0.2) is 0 Å². The summed E-state index contributed by atoms with van der Waals surface area (Å²) in [7, 11) is 0. The van der Waals surface area contributed by atoms with Crippen LogP contribution in [0.1, 0.15) is 25.8 Å². The highest BCUT2D eigenvalue weighted by molar-refractivity contribution is 6.30. The molecule has 1 fully saturated rings. The number of halogens is 1. The fourth-order valence-electron chi connectivity index (χ4n) is 2.66. The van der Waals surface area contributed by atoms with Crippen molar-refractivity contribution in [3.8, 4) is 0 Å². The van der Waals surface area contributed by atoms with E-state index in [1.54, 1.807) is 0 Å². The smallest absolute Gasteiger partial charge is 0.0409 e. The second kappa shape index (κ2) is 6.55. The average Bonchev–Trinajstić information content (AvgIpc) is 2.31. The minimum Gasteiger partial charge on any atom is -0.314 e. The number of hydrogen-bond donors (Lipinski definition) is 1. The summed E-state index contributed by atoms with van der Waals surface area (Å²) in [5.74, 6) is 0.747. The maximum absolute atomic E-state index is 6.05. The Balaban J connectivity index is 2.00. The van der Waals surface area contributed by atoms with Crippen molar-refractivity contribution in [3.05, 3.63) is 34.9 Å². The van der Waals surface area contributed by atoms with E-state index < -0.39 is 0 Å². The Morgan fingerprint density at radius 3 is 3.00 bits per heavy atom.